The molecule has 0 spiro atoms. The van der Waals surface area contributed by atoms with Crippen LogP contribution in [0.15, 0.2) is 33.6 Å². The van der Waals surface area contributed by atoms with Crippen molar-refractivity contribution in [2.75, 3.05) is 5.32 Å². The van der Waals surface area contributed by atoms with E-state index in [0.717, 1.165) is 22.9 Å². The number of hydrogen-bond donors (Lipinski definition) is 2. The number of anilines is 1. The smallest absolute Gasteiger partial charge is 0.316 e. The fourth-order valence-corrected chi connectivity index (χ4v) is 1.55. The van der Waals surface area contributed by atoms with Gasteiger partial charge in [0.25, 0.3) is 0 Å². The molecule has 1 aromatic heterocycles. The summed E-state index contributed by atoms with van der Waals surface area (Å²) in [6.07, 6.45) is -4.52. The van der Waals surface area contributed by atoms with Crippen LogP contribution in [0.25, 0.3) is 0 Å². The van der Waals surface area contributed by atoms with Crippen molar-refractivity contribution in [2.24, 2.45) is 7.05 Å². The van der Waals surface area contributed by atoms with Crippen LogP contribution in [0.1, 0.15) is 16.1 Å². The van der Waals surface area contributed by atoms with Crippen molar-refractivity contribution in [3.63, 3.8) is 0 Å². The molecule has 0 saturated carbocycles. The predicted molar refractivity (Wildman–Crippen MR) is 59.9 cm³/mol. The molecular formula is C11H9F3N3O3+. The maximum atomic E-state index is 12.5. The Morgan fingerprint density at radius 2 is 2.10 bits per heavy atom. The van der Waals surface area contributed by atoms with Gasteiger partial charge in [-0.25, -0.2) is 4.79 Å². The number of carbonyl (C=O) groups excluding carboxylic acids is 1. The number of hydrogen-bond acceptors (Lipinski definition) is 3. The van der Waals surface area contributed by atoms with Crippen molar-refractivity contribution in [1.29, 1.82) is 0 Å². The summed E-state index contributed by atoms with van der Waals surface area (Å²) in [5, 5.41) is 4.33. The van der Waals surface area contributed by atoms with E-state index in [2.05, 4.69) is 15.1 Å². The fourth-order valence-electron chi connectivity index (χ4n) is 1.55. The number of carbonyl (C=O) groups is 1. The van der Waals surface area contributed by atoms with Crippen LogP contribution in [0.4, 0.5) is 18.9 Å². The molecule has 2 rings (SSSR count). The van der Waals surface area contributed by atoms with Crippen LogP contribution in [0.3, 0.4) is 0 Å². The molecule has 9 heteroatoms. The van der Waals surface area contributed by atoms with Gasteiger partial charge in [-0.1, -0.05) is 10.7 Å². The Morgan fingerprint density at radius 3 is 2.65 bits per heavy atom. The van der Waals surface area contributed by atoms with Crippen molar-refractivity contribution in [2.45, 2.75) is 6.18 Å². The summed E-state index contributed by atoms with van der Waals surface area (Å²) >= 11 is 0. The van der Waals surface area contributed by atoms with E-state index >= 15 is 0 Å². The molecule has 2 N–H and O–H groups in total. The quantitative estimate of drug-likeness (QED) is 0.811. The average Bonchev–Trinajstić information content (AvgIpc) is 2.68. The van der Waals surface area contributed by atoms with Gasteiger partial charge in [0.05, 0.1) is 5.56 Å². The van der Waals surface area contributed by atoms with Crippen molar-refractivity contribution < 1.29 is 27.2 Å². The lowest BCUT2D eigenvalue weighted by atomic mass is 10.2. The van der Waals surface area contributed by atoms with Crippen LogP contribution in [0.5, 0.6) is 0 Å². The lowest BCUT2D eigenvalue weighted by Crippen LogP contribution is -2.41. The van der Waals surface area contributed by atoms with Crippen LogP contribution in [0.2, 0.25) is 0 Å². The molecule has 0 radical (unpaired) electrons. The summed E-state index contributed by atoms with van der Waals surface area (Å²) in [4.78, 5) is 23.0. The topological polar surface area (TPSA) is 79.0 Å². The third-order valence-corrected chi connectivity index (χ3v) is 2.47. The number of halogens is 3. The third kappa shape index (κ3) is 2.71. The lowest BCUT2D eigenvalue weighted by molar-refractivity contribution is -0.741. The number of aryl methyl sites for hydroxylation is 1. The zero-order chi connectivity index (χ0) is 14.9. The molecular weight excluding hydrogens is 279 g/mol. The second-order valence-corrected chi connectivity index (χ2v) is 3.92. The van der Waals surface area contributed by atoms with Crippen molar-refractivity contribution in [3.05, 3.63) is 45.9 Å². The Kier molecular flexibility index (Phi) is 3.35. The molecule has 1 heterocycles. The number of aromatic amines is 1. The lowest BCUT2D eigenvalue weighted by Gasteiger charge is -2.08. The molecule has 106 valence electrons. The molecule has 20 heavy (non-hydrogen) atoms. The Hall–Kier alpha value is -2.58. The van der Waals surface area contributed by atoms with Gasteiger partial charge < -0.3 is 5.32 Å². The molecule has 0 atom stereocenters. The summed E-state index contributed by atoms with van der Waals surface area (Å²) in [6.45, 7) is 0. The Balaban J connectivity index is 2.27. The zero-order valence-corrected chi connectivity index (χ0v) is 10.1. The highest BCUT2D eigenvalue weighted by atomic mass is 19.4. The van der Waals surface area contributed by atoms with Crippen molar-refractivity contribution in [1.82, 2.24) is 5.27 Å². The van der Waals surface area contributed by atoms with Gasteiger partial charge in [0.2, 0.25) is 0 Å². The maximum Gasteiger partial charge on any atom is 0.440 e. The fraction of sp³-hybridized carbons (Fsp3) is 0.182. The number of alkyl halides is 3. The van der Waals surface area contributed by atoms with E-state index in [0.29, 0.717) is 0 Å². The average molecular weight is 288 g/mol. The van der Waals surface area contributed by atoms with Gasteiger partial charge >= 0.3 is 23.4 Å². The highest BCUT2D eigenvalue weighted by Crippen LogP contribution is 2.30. The molecule has 1 aromatic carbocycles. The van der Waals surface area contributed by atoms with Crippen molar-refractivity contribution >= 4 is 11.6 Å². The third-order valence-electron chi connectivity index (χ3n) is 2.47. The largest absolute Gasteiger partial charge is 0.440 e. The van der Waals surface area contributed by atoms with Crippen LogP contribution < -0.4 is 15.6 Å². The Labute approximate surface area is 109 Å². The number of rotatable bonds is 2. The maximum absolute atomic E-state index is 12.5. The number of H-pyrrole nitrogens is 1. The highest BCUT2D eigenvalue weighted by Gasteiger charge is 2.31. The zero-order valence-electron chi connectivity index (χ0n) is 10.1. The summed E-state index contributed by atoms with van der Waals surface area (Å²) in [5.74, 6) is -0.873. The number of benzene rings is 1. The highest BCUT2D eigenvalue weighted by molar-refractivity contribution is 6.01. The van der Waals surface area contributed by atoms with Crippen LogP contribution in [0, 0.1) is 0 Å². The first-order chi connectivity index (χ1) is 9.29. The van der Waals surface area contributed by atoms with Gasteiger partial charge in [-0.2, -0.15) is 13.2 Å². The van der Waals surface area contributed by atoms with Gasteiger partial charge in [-0.15, -0.1) is 0 Å². The number of nitrogens with one attached hydrogen (secondary N) is 2. The predicted octanol–water partition coefficient (Wildman–Crippen LogP) is 1.06. The van der Waals surface area contributed by atoms with Crippen LogP contribution in [-0.2, 0) is 13.2 Å². The molecule has 0 aliphatic carbocycles. The minimum absolute atomic E-state index is 0.0783. The monoisotopic (exact) mass is 288 g/mol. The molecule has 0 aliphatic rings. The number of nitrogens with zero attached hydrogens (tertiary/aromatic N) is 1. The standard InChI is InChI=1S/C11H8F3N3O3/c1-17-8(10(19)20-16-17)9(18)15-7-4-2-3-6(5-7)11(12,13)14/h2-5H,1H3,(H-,15,16,18,19)/p+1. The molecule has 0 aliphatic heterocycles. The van der Waals surface area contributed by atoms with E-state index in [1.54, 1.807) is 0 Å². The molecule has 6 nitrogen and oxygen atoms in total. The first kappa shape index (κ1) is 13.8. The summed E-state index contributed by atoms with van der Waals surface area (Å²) < 4.78 is 43.0. The normalized spacial score (nSPS) is 11.4. The summed E-state index contributed by atoms with van der Waals surface area (Å²) in [7, 11) is 1.35. The first-order valence-electron chi connectivity index (χ1n) is 5.35. The van der Waals surface area contributed by atoms with Gasteiger partial charge in [-0.3, -0.25) is 9.32 Å². The Morgan fingerprint density at radius 1 is 1.40 bits per heavy atom. The van der Waals surface area contributed by atoms with E-state index in [1.807, 2.05) is 0 Å². The summed E-state index contributed by atoms with van der Waals surface area (Å²) in [6, 6.07) is 4.08. The molecule has 0 fully saturated rings. The van der Waals surface area contributed by atoms with Gasteiger partial charge in [0.15, 0.2) is 7.05 Å². The molecule has 0 unspecified atom stereocenters. The van der Waals surface area contributed by atoms with Gasteiger partial charge in [0, 0.05) is 5.69 Å². The SMILES string of the molecule is C[n+]1[nH]oc(=O)c1C(=O)Nc1cccc(C(F)(F)F)c1. The van der Waals surface area contributed by atoms with E-state index in [9.17, 15) is 22.8 Å². The van der Waals surface area contributed by atoms with E-state index in [-0.39, 0.29) is 11.4 Å². The van der Waals surface area contributed by atoms with Crippen LogP contribution >= 0.6 is 0 Å². The van der Waals surface area contributed by atoms with Crippen molar-refractivity contribution in [3.8, 4) is 0 Å². The van der Waals surface area contributed by atoms with E-state index < -0.39 is 23.3 Å². The minimum atomic E-state index is -4.52. The Bertz CT molecular complexity index is 703. The molecule has 0 saturated heterocycles. The molecule has 1 amide bonds. The summed E-state index contributed by atoms with van der Waals surface area (Å²) in [5.41, 5.74) is -2.26. The molecule has 2 aromatic rings. The van der Waals surface area contributed by atoms with Crippen LogP contribution in [-0.4, -0.2) is 11.2 Å². The number of aromatic nitrogens is 2. The number of amides is 1. The van der Waals surface area contributed by atoms with E-state index in [4.69, 9.17) is 0 Å². The second-order valence-electron chi connectivity index (χ2n) is 3.92. The first-order valence-corrected chi connectivity index (χ1v) is 5.35. The van der Waals surface area contributed by atoms with E-state index in [1.165, 1.54) is 13.1 Å². The molecule has 0 bridgehead atoms. The van der Waals surface area contributed by atoms with Gasteiger partial charge in [0.1, 0.15) is 0 Å². The minimum Gasteiger partial charge on any atom is -0.316 e. The second kappa shape index (κ2) is 4.83. The van der Waals surface area contributed by atoms with Gasteiger partial charge in [-0.05, 0) is 23.5 Å².